The minimum Gasteiger partial charge on any atom is -0.469 e. The van der Waals surface area contributed by atoms with Crippen molar-refractivity contribution in [1.82, 2.24) is 0 Å². The van der Waals surface area contributed by atoms with E-state index in [0.717, 1.165) is 11.3 Å². The molecule has 1 heterocycles. The van der Waals surface area contributed by atoms with Gasteiger partial charge in [-0.25, -0.2) is 8.78 Å². The lowest BCUT2D eigenvalue weighted by Crippen LogP contribution is -2.56. The van der Waals surface area contributed by atoms with Gasteiger partial charge >= 0.3 is 5.97 Å². The smallest absolute Gasteiger partial charge is 0.309 e. The third kappa shape index (κ3) is 2.72. The van der Waals surface area contributed by atoms with E-state index in [2.05, 4.69) is 4.74 Å². The average Bonchev–Trinajstić information content (AvgIpc) is 2.27. The first-order valence-corrected chi connectivity index (χ1v) is 5.29. The zero-order chi connectivity index (χ0) is 12.5. The van der Waals surface area contributed by atoms with Crippen LogP contribution in [0.1, 0.15) is 5.56 Å². The first-order chi connectivity index (χ1) is 8.00. The van der Waals surface area contributed by atoms with E-state index in [1.807, 2.05) is 0 Å². The molecule has 0 aromatic heterocycles. The van der Waals surface area contributed by atoms with E-state index in [9.17, 15) is 13.6 Å². The van der Waals surface area contributed by atoms with E-state index in [0.29, 0.717) is 0 Å². The predicted octanol–water partition coefficient (Wildman–Crippen LogP) is 1.86. The molecule has 0 spiro atoms. The number of hydrogen-bond acceptors (Lipinski definition) is 3. The van der Waals surface area contributed by atoms with Crippen molar-refractivity contribution in [3.8, 4) is 0 Å². The minimum atomic E-state index is -2.56. The highest BCUT2D eigenvalue weighted by Crippen LogP contribution is 2.31. The molecule has 17 heavy (non-hydrogen) atoms. The summed E-state index contributed by atoms with van der Waals surface area (Å²) in [5, 5.41) is 0. The van der Waals surface area contributed by atoms with Gasteiger partial charge in [-0.3, -0.25) is 4.79 Å². The zero-order valence-corrected chi connectivity index (χ0v) is 9.45. The largest absolute Gasteiger partial charge is 0.469 e. The Morgan fingerprint density at radius 2 is 1.94 bits per heavy atom. The molecule has 0 bridgehead atoms. The van der Waals surface area contributed by atoms with E-state index < -0.39 is 5.92 Å². The molecule has 1 aromatic carbocycles. The van der Waals surface area contributed by atoms with E-state index in [-0.39, 0.29) is 25.5 Å². The molecular formula is C12H13F2NO2. The monoisotopic (exact) mass is 241 g/mol. The van der Waals surface area contributed by atoms with Gasteiger partial charge in [0.1, 0.15) is 0 Å². The van der Waals surface area contributed by atoms with Crippen molar-refractivity contribution in [3.05, 3.63) is 29.8 Å². The van der Waals surface area contributed by atoms with Gasteiger partial charge in [0.15, 0.2) is 0 Å². The van der Waals surface area contributed by atoms with Crippen LogP contribution < -0.4 is 4.90 Å². The van der Waals surface area contributed by atoms with Crippen LogP contribution >= 0.6 is 0 Å². The third-order valence-electron chi connectivity index (χ3n) is 2.72. The second kappa shape index (κ2) is 4.31. The number of halogens is 2. The zero-order valence-electron chi connectivity index (χ0n) is 9.45. The van der Waals surface area contributed by atoms with Crippen LogP contribution in [0.2, 0.25) is 0 Å². The fourth-order valence-corrected chi connectivity index (χ4v) is 1.76. The van der Waals surface area contributed by atoms with Crippen LogP contribution in [-0.2, 0) is 16.0 Å². The van der Waals surface area contributed by atoms with Crippen LogP contribution in [0.4, 0.5) is 14.5 Å². The number of nitrogens with zero attached hydrogens (tertiary/aromatic N) is 1. The van der Waals surface area contributed by atoms with Gasteiger partial charge in [0.2, 0.25) is 0 Å². The van der Waals surface area contributed by atoms with Crippen LogP contribution in [0.15, 0.2) is 24.3 Å². The number of carbonyl (C=O) groups excluding carboxylic acids is 1. The second-order valence-electron chi connectivity index (χ2n) is 4.13. The Kier molecular flexibility index (Phi) is 3.00. The fourth-order valence-electron chi connectivity index (χ4n) is 1.76. The number of carbonyl (C=O) groups is 1. The van der Waals surface area contributed by atoms with Crippen LogP contribution in [0.25, 0.3) is 0 Å². The summed E-state index contributed by atoms with van der Waals surface area (Å²) in [6, 6.07) is 6.99. The van der Waals surface area contributed by atoms with Gasteiger partial charge in [0, 0.05) is 5.69 Å². The van der Waals surface area contributed by atoms with Crippen LogP contribution in [0.5, 0.6) is 0 Å². The molecule has 0 atom stereocenters. The van der Waals surface area contributed by atoms with E-state index in [4.69, 9.17) is 0 Å². The summed E-state index contributed by atoms with van der Waals surface area (Å²) in [5.74, 6) is -2.88. The molecule has 0 aliphatic carbocycles. The van der Waals surface area contributed by atoms with Gasteiger partial charge in [-0.1, -0.05) is 12.1 Å². The molecule has 1 aromatic rings. The van der Waals surface area contributed by atoms with Gasteiger partial charge in [0.25, 0.3) is 5.92 Å². The summed E-state index contributed by atoms with van der Waals surface area (Å²) in [5.41, 5.74) is 1.57. The highest BCUT2D eigenvalue weighted by atomic mass is 19.3. The number of alkyl halides is 2. The Morgan fingerprint density at radius 3 is 2.41 bits per heavy atom. The van der Waals surface area contributed by atoms with Gasteiger partial charge < -0.3 is 9.64 Å². The molecule has 92 valence electrons. The molecule has 1 aliphatic rings. The lowest BCUT2D eigenvalue weighted by Gasteiger charge is -2.40. The Morgan fingerprint density at radius 1 is 1.35 bits per heavy atom. The molecule has 0 radical (unpaired) electrons. The minimum absolute atomic E-state index is 0.201. The molecule has 0 amide bonds. The number of rotatable bonds is 3. The Balaban J connectivity index is 1.97. The van der Waals surface area contributed by atoms with E-state index >= 15 is 0 Å². The third-order valence-corrected chi connectivity index (χ3v) is 2.72. The van der Waals surface area contributed by atoms with Crippen molar-refractivity contribution in [2.45, 2.75) is 12.3 Å². The summed E-state index contributed by atoms with van der Waals surface area (Å²) >= 11 is 0. The topological polar surface area (TPSA) is 29.5 Å². The van der Waals surface area contributed by atoms with Crippen molar-refractivity contribution in [2.75, 3.05) is 25.1 Å². The molecule has 1 saturated heterocycles. The fraction of sp³-hybridized carbons (Fsp3) is 0.417. The van der Waals surface area contributed by atoms with Crippen LogP contribution in [0.3, 0.4) is 0 Å². The number of hydrogen-bond donors (Lipinski definition) is 0. The summed E-state index contributed by atoms with van der Waals surface area (Å²) in [6.45, 7) is -0.466. The van der Waals surface area contributed by atoms with Gasteiger partial charge in [-0.15, -0.1) is 0 Å². The summed E-state index contributed by atoms with van der Waals surface area (Å²) < 4.78 is 29.9. The summed E-state index contributed by atoms with van der Waals surface area (Å²) in [6.07, 6.45) is 0.201. The van der Waals surface area contributed by atoms with Crippen molar-refractivity contribution in [1.29, 1.82) is 0 Å². The Labute approximate surface area is 98.0 Å². The molecule has 1 fully saturated rings. The number of esters is 1. The molecular weight excluding hydrogens is 228 g/mol. The molecule has 2 rings (SSSR count). The highest BCUT2D eigenvalue weighted by molar-refractivity contribution is 5.72. The molecule has 1 aliphatic heterocycles. The maximum atomic E-state index is 12.7. The van der Waals surface area contributed by atoms with Gasteiger partial charge in [-0.05, 0) is 17.7 Å². The van der Waals surface area contributed by atoms with Crippen molar-refractivity contribution in [2.24, 2.45) is 0 Å². The summed E-state index contributed by atoms with van der Waals surface area (Å²) in [7, 11) is 1.33. The van der Waals surface area contributed by atoms with Crippen molar-refractivity contribution in [3.63, 3.8) is 0 Å². The highest BCUT2D eigenvalue weighted by Gasteiger charge is 2.43. The molecule has 5 heteroatoms. The standard InChI is InChI=1S/C12H13F2NO2/c1-17-11(16)6-9-2-4-10(5-3-9)15-7-12(13,14)8-15/h2-5H,6-8H2,1H3. The number of methoxy groups -OCH3 is 1. The Bertz CT molecular complexity index is 409. The van der Waals surface area contributed by atoms with Crippen molar-refractivity contribution >= 4 is 11.7 Å². The average molecular weight is 241 g/mol. The lowest BCUT2D eigenvalue weighted by atomic mass is 10.1. The van der Waals surface area contributed by atoms with Gasteiger partial charge in [0.05, 0.1) is 26.6 Å². The maximum Gasteiger partial charge on any atom is 0.309 e. The van der Waals surface area contributed by atoms with E-state index in [1.54, 1.807) is 29.2 Å². The molecule has 3 nitrogen and oxygen atoms in total. The lowest BCUT2D eigenvalue weighted by molar-refractivity contribution is -0.139. The first kappa shape index (κ1) is 11.8. The molecule has 0 N–H and O–H groups in total. The maximum absolute atomic E-state index is 12.7. The van der Waals surface area contributed by atoms with Crippen LogP contribution in [0, 0.1) is 0 Å². The SMILES string of the molecule is COC(=O)Cc1ccc(N2CC(F)(F)C2)cc1. The first-order valence-electron chi connectivity index (χ1n) is 5.29. The van der Waals surface area contributed by atoms with Crippen LogP contribution in [-0.4, -0.2) is 32.1 Å². The normalized spacial score (nSPS) is 17.5. The number of ether oxygens (including phenoxy) is 1. The summed E-state index contributed by atoms with van der Waals surface area (Å²) in [4.78, 5) is 12.6. The van der Waals surface area contributed by atoms with E-state index in [1.165, 1.54) is 7.11 Å². The number of anilines is 1. The quantitative estimate of drug-likeness (QED) is 0.756. The second-order valence-corrected chi connectivity index (χ2v) is 4.13. The molecule has 0 saturated carbocycles. The molecule has 0 unspecified atom stereocenters. The number of benzene rings is 1. The Hall–Kier alpha value is -1.65. The predicted molar refractivity (Wildman–Crippen MR) is 59.3 cm³/mol. The van der Waals surface area contributed by atoms with Crippen molar-refractivity contribution < 1.29 is 18.3 Å². The van der Waals surface area contributed by atoms with Gasteiger partial charge in [-0.2, -0.15) is 0 Å².